The number of para-hydroxylation sites is 1. The zero-order valence-electron chi connectivity index (χ0n) is 14.0. The maximum Gasteiger partial charge on any atom is 0.238 e. The number of amides is 1. The van der Waals surface area contributed by atoms with E-state index in [0.717, 1.165) is 17.7 Å². The smallest absolute Gasteiger partial charge is 0.238 e. The van der Waals surface area contributed by atoms with Gasteiger partial charge in [-0.2, -0.15) is 0 Å². The Morgan fingerprint density at radius 3 is 2.58 bits per heavy atom. The van der Waals surface area contributed by atoms with Gasteiger partial charge in [0.25, 0.3) is 0 Å². The Morgan fingerprint density at radius 2 is 1.88 bits per heavy atom. The third kappa shape index (κ3) is 5.06. The number of hydrogen-bond acceptors (Lipinski definition) is 3. The van der Waals surface area contributed by atoms with Crippen molar-refractivity contribution in [3.05, 3.63) is 64.7 Å². The minimum atomic E-state index is -0.737. The van der Waals surface area contributed by atoms with Crippen molar-refractivity contribution in [1.29, 1.82) is 0 Å². The molecule has 24 heavy (non-hydrogen) atoms. The zero-order valence-corrected chi connectivity index (χ0v) is 14.8. The lowest BCUT2D eigenvalue weighted by Crippen LogP contribution is -2.33. The van der Waals surface area contributed by atoms with Crippen LogP contribution in [0.4, 0.5) is 5.69 Å². The van der Waals surface area contributed by atoms with E-state index in [9.17, 15) is 9.90 Å². The fourth-order valence-corrected chi connectivity index (χ4v) is 2.85. The number of carbonyl (C=O) groups is 1. The average molecular weight is 347 g/mol. The zero-order chi connectivity index (χ0) is 17.5. The SMILES string of the molecule is CCc1ccccc1NC(=O)CN(C)CC(O)c1ccccc1Cl. The number of hydrogen-bond donors (Lipinski definition) is 2. The highest BCUT2D eigenvalue weighted by Gasteiger charge is 2.16. The lowest BCUT2D eigenvalue weighted by molar-refractivity contribution is -0.117. The quantitative estimate of drug-likeness (QED) is 0.806. The van der Waals surface area contributed by atoms with E-state index in [2.05, 4.69) is 12.2 Å². The third-order valence-corrected chi connectivity index (χ3v) is 4.18. The number of aliphatic hydroxyl groups is 1. The summed E-state index contributed by atoms with van der Waals surface area (Å²) in [6, 6.07) is 14.9. The number of aryl methyl sites for hydroxylation is 1. The molecule has 4 nitrogen and oxygen atoms in total. The van der Waals surface area contributed by atoms with Crippen molar-refractivity contribution in [3.63, 3.8) is 0 Å². The van der Waals surface area contributed by atoms with Crippen molar-refractivity contribution in [1.82, 2.24) is 4.90 Å². The van der Waals surface area contributed by atoms with E-state index >= 15 is 0 Å². The summed E-state index contributed by atoms with van der Waals surface area (Å²) in [5.74, 6) is -0.107. The van der Waals surface area contributed by atoms with Crippen molar-refractivity contribution >= 4 is 23.2 Å². The van der Waals surface area contributed by atoms with Gasteiger partial charge in [0.1, 0.15) is 0 Å². The van der Waals surface area contributed by atoms with Crippen LogP contribution >= 0.6 is 11.6 Å². The molecule has 0 aliphatic carbocycles. The van der Waals surface area contributed by atoms with Crippen LogP contribution in [0, 0.1) is 0 Å². The topological polar surface area (TPSA) is 52.6 Å². The fraction of sp³-hybridized carbons (Fsp3) is 0.316. The van der Waals surface area contributed by atoms with Gasteiger partial charge in [-0.25, -0.2) is 0 Å². The molecule has 0 aliphatic rings. The first-order valence-corrected chi connectivity index (χ1v) is 8.37. The van der Waals surface area contributed by atoms with E-state index in [0.29, 0.717) is 17.1 Å². The number of rotatable bonds is 7. The number of likely N-dealkylation sites (N-methyl/N-ethyl adjacent to an activating group) is 1. The first-order valence-electron chi connectivity index (χ1n) is 8.00. The Balaban J connectivity index is 1.91. The van der Waals surface area contributed by atoms with Gasteiger partial charge >= 0.3 is 0 Å². The lowest BCUT2D eigenvalue weighted by Gasteiger charge is -2.21. The van der Waals surface area contributed by atoms with Gasteiger partial charge in [-0.1, -0.05) is 54.9 Å². The maximum absolute atomic E-state index is 12.2. The van der Waals surface area contributed by atoms with Gasteiger partial charge in [-0.3, -0.25) is 9.69 Å². The van der Waals surface area contributed by atoms with Gasteiger partial charge in [-0.05, 0) is 31.2 Å². The molecule has 0 saturated heterocycles. The van der Waals surface area contributed by atoms with E-state index in [-0.39, 0.29) is 12.5 Å². The average Bonchev–Trinajstić information content (AvgIpc) is 2.55. The van der Waals surface area contributed by atoms with E-state index in [1.807, 2.05) is 36.4 Å². The van der Waals surface area contributed by atoms with Crippen LogP contribution in [0.25, 0.3) is 0 Å². The summed E-state index contributed by atoms with van der Waals surface area (Å²) in [4.78, 5) is 14.0. The van der Waals surface area contributed by atoms with Crippen LogP contribution < -0.4 is 5.32 Å². The predicted octanol–water partition coefficient (Wildman–Crippen LogP) is 3.51. The van der Waals surface area contributed by atoms with Crippen molar-refractivity contribution in [3.8, 4) is 0 Å². The molecule has 0 spiro atoms. The van der Waals surface area contributed by atoms with Crippen molar-refractivity contribution in [2.75, 3.05) is 25.5 Å². The van der Waals surface area contributed by atoms with Gasteiger partial charge in [0.2, 0.25) is 5.91 Å². The van der Waals surface area contributed by atoms with Crippen LogP contribution in [0.2, 0.25) is 5.02 Å². The van der Waals surface area contributed by atoms with Crippen molar-refractivity contribution in [2.24, 2.45) is 0 Å². The highest BCUT2D eigenvalue weighted by molar-refractivity contribution is 6.31. The molecule has 5 heteroatoms. The first-order chi connectivity index (χ1) is 11.5. The molecule has 128 valence electrons. The molecule has 2 rings (SSSR count). The third-order valence-electron chi connectivity index (χ3n) is 3.83. The molecular weight excluding hydrogens is 324 g/mol. The number of anilines is 1. The Morgan fingerprint density at radius 1 is 1.21 bits per heavy atom. The second kappa shape index (κ2) is 8.83. The Kier molecular flexibility index (Phi) is 6.79. The number of nitrogens with one attached hydrogen (secondary N) is 1. The summed E-state index contributed by atoms with van der Waals surface area (Å²) in [5.41, 5.74) is 2.61. The van der Waals surface area contributed by atoms with Crippen LogP contribution in [0.1, 0.15) is 24.2 Å². The number of carbonyl (C=O) groups excluding carboxylic acids is 1. The minimum Gasteiger partial charge on any atom is -0.387 e. The molecule has 0 bridgehead atoms. The summed E-state index contributed by atoms with van der Waals surface area (Å²) in [5, 5.41) is 13.8. The van der Waals surface area contributed by atoms with Crippen LogP contribution in [-0.4, -0.2) is 36.1 Å². The normalized spacial score (nSPS) is 12.2. The molecule has 0 heterocycles. The molecule has 0 fully saturated rings. The molecule has 0 saturated carbocycles. The summed E-state index contributed by atoms with van der Waals surface area (Å²) >= 11 is 6.09. The van der Waals surface area contributed by atoms with Gasteiger partial charge in [0.05, 0.1) is 12.6 Å². The summed E-state index contributed by atoms with van der Waals surface area (Å²) < 4.78 is 0. The minimum absolute atomic E-state index is 0.107. The van der Waals surface area contributed by atoms with Gasteiger partial charge in [-0.15, -0.1) is 0 Å². The molecule has 2 N–H and O–H groups in total. The molecular formula is C19H23ClN2O2. The number of nitrogens with zero attached hydrogens (tertiary/aromatic N) is 1. The summed E-state index contributed by atoms with van der Waals surface area (Å²) in [7, 11) is 1.80. The molecule has 0 radical (unpaired) electrons. The Bertz CT molecular complexity index is 691. The predicted molar refractivity (Wildman–Crippen MR) is 98.4 cm³/mol. The standard InChI is InChI=1S/C19H23ClN2O2/c1-3-14-8-4-7-11-17(14)21-19(24)13-22(2)12-18(23)15-9-5-6-10-16(15)20/h4-11,18,23H,3,12-13H2,1-2H3,(H,21,24). The molecule has 2 aromatic rings. The molecule has 1 amide bonds. The Hall–Kier alpha value is -1.88. The highest BCUT2D eigenvalue weighted by atomic mass is 35.5. The maximum atomic E-state index is 12.2. The number of benzene rings is 2. The highest BCUT2D eigenvalue weighted by Crippen LogP contribution is 2.23. The van der Waals surface area contributed by atoms with E-state index in [1.54, 1.807) is 24.1 Å². The van der Waals surface area contributed by atoms with E-state index in [1.165, 1.54) is 0 Å². The summed E-state index contributed by atoms with van der Waals surface area (Å²) in [6.45, 7) is 2.57. The van der Waals surface area contributed by atoms with Crippen molar-refractivity contribution < 1.29 is 9.90 Å². The second-order valence-electron chi connectivity index (χ2n) is 5.79. The summed E-state index contributed by atoms with van der Waals surface area (Å²) in [6.07, 6.45) is 0.122. The van der Waals surface area contributed by atoms with Crippen LogP contribution in [0.3, 0.4) is 0 Å². The van der Waals surface area contributed by atoms with Crippen LogP contribution in [-0.2, 0) is 11.2 Å². The van der Waals surface area contributed by atoms with Crippen LogP contribution in [0.15, 0.2) is 48.5 Å². The second-order valence-corrected chi connectivity index (χ2v) is 6.20. The lowest BCUT2D eigenvalue weighted by atomic mass is 10.1. The Labute approximate surface area is 148 Å². The van der Waals surface area contributed by atoms with Crippen LogP contribution in [0.5, 0.6) is 0 Å². The molecule has 1 atom stereocenters. The van der Waals surface area contributed by atoms with Gasteiger partial charge < -0.3 is 10.4 Å². The number of halogens is 1. The van der Waals surface area contributed by atoms with Gasteiger partial charge in [0, 0.05) is 22.8 Å². The van der Waals surface area contributed by atoms with E-state index < -0.39 is 6.10 Å². The molecule has 0 aliphatic heterocycles. The molecule has 0 aromatic heterocycles. The monoisotopic (exact) mass is 346 g/mol. The first kappa shape index (κ1) is 18.5. The fourth-order valence-electron chi connectivity index (χ4n) is 2.59. The van der Waals surface area contributed by atoms with E-state index in [4.69, 9.17) is 11.6 Å². The number of aliphatic hydroxyl groups excluding tert-OH is 1. The van der Waals surface area contributed by atoms with Crippen molar-refractivity contribution in [2.45, 2.75) is 19.4 Å². The molecule has 1 unspecified atom stereocenters. The largest absolute Gasteiger partial charge is 0.387 e. The van der Waals surface area contributed by atoms with Gasteiger partial charge in [0.15, 0.2) is 0 Å². The molecule has 2 aromatic carbocycles.